The summed E-state index contributed by atoms with van der Waals surface area (Å²) in [6, 6.07) is 1.55. The molecule has 0 spiro atoms. The van der Waals surface area contributed by atoms with Gasteiger partial charge < -0.3 is 9.84 Å². The van der Waals surface area contributed by atoms with Gasteiger partial charge in [-0.15, -0.1) is 11.3 Å². The largest absolute Gasteiger partial charge is 0.488 e. The predicted octanol–water partition coefficient (Wildman–Crippen LogP) is 1.01. The first-order valence-corrected chi connectivity index (χ1v) is 7.36. The summed E-state index contributed by atoms with van der Waals surface area (Å²) in [4.78, 5) is 10.9. The summed E-state index contributed by atoms with van der Waals surface area (Å²) in [5, 5.41) is 10.5. The molecule has 0 amide bonds. The molecule has 0 radical (unpaired) electrons. The van der Waals surface area contributed by atoms with Crippen molar-refractivity contribution in [2.24, 2.45) is 0 Å². The van der Waals surface area contributed by atoms with Crippen LogP contribution >= 0.6 is 11.3 Å². The molecule has 1 unspecified atom stereocenters. The van der Waals surface area contributed by atoms with Crippen molar-refractivity contribution in [3.8, 4) is 5.75 Å². The van der Waals surface area contributed by atoms with E-state index in [0.717, 1.165) is 11.3 Å². The Morgan fingerprint density at radius 2 is 2.31 bits per heavy atom. The topological polar surface area (TPSA) is 80.7 Å². The van der Waals surface area contributed by atoms with Crippen LogP contribution in [-0.2, 0) is 9.84 Å². The summed E-state index contributed by atoms with van der Waals surface area (Å²) in [6.45, 7) is 0. The van der Waals surface area contributed by atoms with Gasteiger partial charge in [-0.25, -0.2) is 13.2 Å². The van der Waals surface area contributed by atoms with Crippen LogP contribution in [0.15, 0.2) is 11.4 Å². The minimum Gasteiger partial charge on any atom is -0.488 e. The molecule has 0 bridgehead atoms. The average molecular weight is 262 g/mol. The fraction of sp³-hybridized carbons (Fsp3) is 0.444. The Bertz CT molecular complexity index is 502. The van der Waals surface area contributed by atoms with Crippen molar-refractivity contribution in [2.75, 3.05) is 11.5 Å². The third-order valence-electron chi connectivity index (χ3n) is 2.31. The van der Waals surface area contributed by atoms with Crippen LogP contribution in [0.5, 0.6) is 5.75 Å². The molecule has 7 heteroatoms. The molecule has 1 atom stereocenters. The second-order valence-electron chi connectivity index (χ2n) is 3.56. The highest BCUT2D eigenvalue weighted by atomic mass is 32.2. The fourth-order valence-electron chi connectivity index (χ4n) is 1.58. The molecule has 16 heavy (non-hydrogen) atoms. The molecular weight excluding hydrogens is 252 g/mol. The van der Waals surface area contributed by atoms with Crippen molar-refractivity contribution in [1.29, 1.82) is 0 Å². The van der Waals surface area contributed by atoms with Gasteiger partial charge >= 0.3 is 5.97 Å². The highest BCUT2D eigenvalue weighted by Crippen LogP contribution is 2.28. The van der Waals surface area contributed by atoms with Crippen LogP contribution in [0.3, 0.4) is 0 Å². The van der Waals surface area contributed by atoms with E-state index < -0.39 is 21.9 Å². The number of carbonyl (C=O) groups is 1. The van der Waals surface area contributed by atoms with Crippen molar-refractivity contribution >= 4 is 27.1 Å². The molecule has 1 fully saturated rings. The van der Waals surface area contributed by atoms with Gasteiger partial charge in [-0.3, -0.25) is 0 Å². The van der Waals surface area contributed by atoms with E-state index in [1.807, 2.05) is 0 Å². The summed E-state index contributed by atoms with van der Waals surface area (Å²) in [6.07, 6.45) is 0.00902. The molecule has 0 aliphatic carbocycles. The highest BCUT2D eigenvalue weighted by Gasteiger charge is 2.30. The van der Waals surface area contributed by atoms with Crippen LogP contribution in [0.25, 0.3) is 0 Å². The number of thiophene rings is 1. The molecule has 2 heterocycles. The fourth-order valence-corrected chi connectivity index (χ4v) is 3.83. The molecule has 1 saturated heterocycles. The molecule has 1 aliphatic heterocycles. The van der Waals surface area contributed by atoms with E-state index in [4.69, 9.17) is 9.84 Å². The normalized spacial score (nSPS) is 23.1. The third kappa shape index (κ3) is 2.35. The Hall–Kier alpha value is -1.08. The summed E-state index contributed by atoms with van der Waals surface area (Å²) in [5.74, 6) is -0.697. The molecule has 88 valence electrons. The lowest BCUT2D eigenvalue weighted by Crippen LogP contribution is -2.18. The van der Waals surface area contributed by atoms with E-state index in [2.05, 4.69) is 0 Å². The maximum absolute atomic E-state index is 11.2. The number of carboxylic acid groups (broad SMARTS) is 1. The van der Waals surface area contributed by atoms with Crippen molar-refractivity contribution in [2.45, 2.75) is 12.5 Å². The maximum Gasteiger partial charge on any atom is 0.349 e. The van der Waals surface area contributed by atoms with Gasteiger partial charge in [-0.2, -0.15) is 0 Å². The van der Waals surface area contributed by atoms with E-state index in [0.29, 0.717) is 6.42 Å². The van der Waals surface area contributed by atoms with Gasteiger partial charge in [0.05, 0.1) is 11.5 Å². The zero-order chi connectivity index (χ0) is 11.8. The highest BCUT2D eigenvalue weighted by molar-refractivity contribution is 7.91. The third-order valence-corrected chi connectivity index (χ3v) is 4.93. The Morgan fingerprint density at radius 1 is 1.56 bits per heavy atom. The molecule has 1 aliphatic rings. The molecular formula is C9H10O5S2. The van der Waals surface area contributed by atoms with E-state index in [-0.39, 0.29) is 22.1 Å². The Kier molecular flexibility index (Phi) is 2.90. The van der Waals surface area contributed by atoms with Crippen LogP contribution in [0.1, 0.15) is 16.1 Å². The number of aromatic carboxylic acids is 1. The van der Waals surface area contributed by atoms with Crippen LogP contribution in [0.4, 0.5) is 0 Å². The number of hydrogen-bond acceptors (Lipinski definition) is 5. The summed E-state index contributed by atoms with van der Waals surface area (Å²) in [7, 11) is -3.00. The van der Waals surface area contributed by atoms with Crippen LogP contribution in [0.2, 0.25) is 0 Å². The number of rotatable bonds is 3. The van der Waals surface area contributed by atoms with Gasteiger partial charge in [0.2, 0.25) is 0 Å². The molecule has 1 aromatic heterocycles. The standard InChI is InChI=1S/C9H10O5S2/c10-9(11)8-7(1-3-15-8)14-6-2-4-16(12,13)5-6/h1,3,6H,2,4-5H2,(H,10,11). The van der Waals surface area contributed by atoms with Gasteiger partial charge in [0.1, 0.15) is 11.9 Å². The van der Waals surface area contributed by atoms with E-state index >= 15 is 0 Å². The van der Waals surface area contributed by atoms with E-state index in [1.165, 1.54) is 0 Å². The zero-order valence-corrected chi connectivity index (χ0v) is 9.88. The van der Waals surface area contributed by atoms with E-state index in [1.54, 1.807) is 11.4 Å². The Labute approximate surface area is 96.6 Å². The Balaban J connectivity index is 2.11. The molecule has 1 aromatic rings. The monoisotopic (exact) mass is 262 g/mol. The smallest absolute Gasteiger partial charge is 0.349 e. The van der Waals surface area contributed by atoms with Crippen molar-refractivity contribution in [1.82, 2.24) is 0 Å². The quantitative estimate of drug-likeness (QED) is 0.879. The SMILES string of the molecule is O=C(O)c1sccc1OC1CCS(=O)(=O)C1. The number of ether oxygens (including phenoxy) is 1. The number of hydrogen-bond donors (Lipinski definition) is 1. The molecule has 0 saturated carbocycles. The summed E-state index contributed by atoms with van der Waals surface area (Å²) < 4.78 is 27.8. The van der Waals surface area contributed by atoms with Crippen LogP contribution < -0.4 is 4.74 Å². The lowest BCUT2D eigenvalue weighted by molar-refractivity contribution is 0.0696. The first kappa shape index (κ1) is 11.4. The van der Waals surface area contributed by atoms with Gasteiger partial charge in [0.25, 0.3) is 0 Å². The minimum atomic E-state index is -3.00. The number of carboxylic acids is 1. The van der Waals surface area contributed by atoms with Crippen LogP contribution in [-0.4, -0.2) is 37.1 Å². The first-order chi connectivity index (χ1) is 7.48. The minimum absolute atomic E-state index is 0.0259. The van der Waals surface area contributed by atoms with Crippen molar-refractivity contribution < 1.29 is 23.1 Å². The van der Waals surface area contributed by atoms with Crippen LogP contribution in [0, 0.1) is 0 Å². The average Bonchev–Trinajstić information content (AvgIpc) is 2.73. The second kappa shape index (κ2) is 4.06. The molecule has 5 nitrogen and oxygen atoms in total. The lowest BCUT2D eigenvalue weighted by atomic mass is 10.3. The van der Waals surface area contributed by atoms with Crippen molar-refractivity contribution in [3.05, 3.63) is 16.3 Å². The maximum atomic E-state index is 11.2. The Morgan fingerprint density at radius 3 is 2.88 bits per heavy atom. The van der Waals surface area contributed by atoms with E-state index in [9.17, 15) is 13.2 Å². The zero-order valence-electron chi connectivity index (χ0n) is 8.25. The summed E-state index contributed by atoms with van der Waals surface area (Å²) >= 11 is 1.07. The molecule has 2 rings (SSSR count). The molecule has 0 aromatic carbocycles. The molecule has 1 N–H and O–H groups in total. The first-order valence-electron chi connectivity index (χ1n) is 4.66. The predicted molar refractivity (Wildman–Crippen MR) is 59.0 cm³/mol. The van der Waals surface area contributed by atoms with Gasteiger partial charge in [0, 0.05) is 0 Å². The second-order valence-corrected chi connectivity index (χ2v) is 6.71. The number of sulfone groups is 1. The van der Waals surface area contributed by atoms with Gasteiger partial charge in [0.15, 0.2) is 14.7 Å². The van der Waals surface area contributed by atoms with Gasteiger partial charge in [-0.1, -0.05) is 0 Å². The van der Waals surface area contributed by atoms with Crippen molar-refractivity contribution in [3.63, 3.8) is 0 Å². The lowest BCUT2D eigenvalue weighted by Gasteiger charge is -2.10. The summed E-state index contributed by atoms with van der Waals surface area (Å²) in [5.41, 5.74) is 0. The van der Waals surface area contributed by atoms with Gasteiger partial charge in [-0.05, 0) is 17.9 Å².